The van der Waals surface area contributed by atoms with Crippen LogP contribution in [-0.2, 0) is 6.54 Å². The summed E-state index contributed by atoms with van der Waals surface area (Å²) >= 11 is 3.49. The maximum absolute atomic E-state index is 3.99. The topological polar surface area (TPSA) is 40.7 Å². The molecule has 0 bridgehead atoms. The van der Waals surface area contributed by atoms with E-state index in [0.717, 1.165) is 16.7 Å². The Kier molecular flexibility index (Phi) is 3.29. The maximum Gasteiger partial charge on any atom is 0.0922 e. The Morgan fingerprint density at radius 2 is 2.00 bits per heavy atom. The van der Waals surface area contributed by atoms with Crippen molar-refractivity contribution in [1.29, 1.82) is 0 Å². The zero-order valence-electron chi connectivity index (χ0n) is 9.34. The monoisotopic (exact) mass is 279 g/mol. The van der Waals surface area contributed by atoms with E-state index < -0.39 is 0 Å². The molecule has 0 unspecified atom stereocenters. The van der Waals surface area contributed by atoms with Crippen LogP contribution < -0.4 is 5.32 Å². The van der Waals surface area contributed by atoms with E-state index in [0.29, 0.717) is 0 Å². The van der Waals surface area contributed by atoms with Gasteiger partial charge in [0.1, 0.15) is 0 Å². The smallest absolute Gasteiger partial charge is 0.0922 e. The van der Waals surface area contributed by atoms with Crippen molar-refractivity contribution < 1.29 is 0 Å². The van der Waals surface area contributed by atoms with Crippen molar-refractivity contribution in [2.45, 2.75) is 20.4 Å². The SMILES string of the molecule is Cc1cc(Br)cc(C)c1NCc1cnc[nH]1. The Balaban J connectivity index is 2.15. The predicted molar refractivity (Wildman–Crippen MR) is 69.5 cm³/mol. The highest BCUT2D eigenvalue weighted by atomic mass is 79.9. The van der Waals surface area contributed by atoms with Gasteiger partial charge in [-0.2, -0.15) is 0 Å². The molecule has 0 saturated heterocycles. The van der Waals surface area contributed by atoms with Crippen LogP contribution in [0.5, 0.6) is 0 Å². The molecule has 0 atom stereocenters. The summed E-state index contributed by atoms with van der Waals surface area (Å²) in [4.78, 5) is 7.07. The van der Waals surface area contributed by atoms with Crippen LogP contribution in [-0.4, -0.2) is 9.97 Å². The molecule has 0 saturated carbocycles. The normalized spacial score (nSPS) is 10.4. The van der Waals surface area contributed by atoms with E-state index >= 15 is 0 Å². The van der Waals surface area contributed by atoms with E-state index in [2.05, 4.69) is 57.2 Å². The summed E-state index contributed by atoms with van der Waals surface area (Å²) in [6, 6.07) is 4.23. The van der Waals surface area contributed by atoms with E-state index in [1.807, 2.05) is 6.20 Å². The number of aryl methyl sites for hydroxylation is 2. The van der Waals surface area contributed by atoms with Gasteiger partial charge in [0.25, 0.3) is 0 Å². The number of aromatic nitrogens is 2. The number of imidazole rings is 1. The van der Waals surface area contributed by atoms with Crippen LogP contribution in [0.3, 0.4) is 0 Å². The molecule has 2 rings (SSSR count). The van der Waals surface area contributed by atoms with Crippen LogP contribution in [0.1, 0.15) is 16.8 Å². The molecule has 0 amide bonds. The van der Waals surface area contributed by atoms with Gasteiger partial charge >= 0.3 is 0 Å². The second-order valence-corrected chi connectivity index (χ2v) is 4.76. The lowest BCUT2D eigenvalue weighted by molar-refractivity contribution is 1.06. The number of rotatable bonds is 3. The zero-order chi connectivity index (χ0) is 11.5. The first-order valence-electron chi connectivity index (χ1n) is 5.14. The zero-order valence-corrected chi connectivity index (χ0v) is 10.9. The minimum absolute atomic E-state index is 0.767. The van der Waals surface area contributed by atoms with Gasteiger partial charge in [0.05, 0.1) is 18.6 Å². The van der Waals surface area contributed by atoms with Gasteiger partial charge in [-0.1, -0.05) is 15.9 Å². The fourth-order valence-electron chi connectivity index (χ4n) is 1.75. The molecule has 0 aliphatic rings. The molecule has 16 heavy (non-hydrogen) atoms. The second-order valence-electron chi connectivity index (χ2n) is 3.84. The molecule has 1 aromatic heterocycles. The number of benzene rings is 1. The fraction of sp³-hybridized carbons (Fsp3) is 0.250. The number of nitrogens with zero attached hydrogens (tertiary/aromatic N) is 1. The van der Waals surface area contributed by atoms with E-state index in [1.165, 1.54) is 16.8 Å². The number of nitrogens with one attached hydrogen (secondary N) is 2. The summed E-state index contributed by atoms with van der Waals surface area (Å²) in [6.07, 6.45) is 3.52. The number of aromatic amines is 1. The molecular formula is C12H14BrN3. The number of hydrogen-bond acceptors (Lipinski definition) is 2. The van der Waals surface area contributed by atoms with Gasteiger partial charge in [-0.25, -0.2) is 4.98 Å². The molecule has 84 valence electrons. The summed E-state index contributed by atoms with van der Waals surface area (Å²) in [7, 11) is 0. The Hall–Kier alpha value is -1.29. The largest absolute Gasteiger partial charge is 0.379 e. The van der Waals surface area contributed by atoms with Crippen LogP contribution in [0, 0.1) is 13.8 Å². The van der Waals surface area contributed by atoms with Crippen LogP contribution in [0.25, 0.3) is 0 Å². The van der Waals surface area contributed by atoms with Crippen LogP contribution in [0.4, 0.5) is 5.69 Å². The summed E-state index contributed by atoms with van der Waals surface area (Å²) in [5, 5.41) is 3.42. The van der Waals surface area contributed by atoms with Crippen molar-refractivity contribution >= 4 is 21.6 Å². The molecule has 0 fully saturated rings. The highest BCUT2D eigenvalue weighted by Gasteiger charge is 2.04. The number of halogens is 1. The molecule has 1 aromatic carbocycles. The molecule has 1 heterocycles. The van der Waals surface area contributed by atoms with Gasteiger partial charge < -0.3 is 10.3 Å². The highest BCUT2D eigenvalue weighted by molar-refractivity contribution is 9.10. The third-order valence-electron chi connectivity index (χ3n) is 2.51. The van der Waals surface area contributed by atoms with Crippen molar-refractivity contribution in [3.8, 4) is 0 Å². The minimum atomic E-state index is 0.767. The van der Waals surface area contributed by atoms with E-state index in [4.69, 9.17) is 0 Å². The Morgan fingerprint density at radius 3 is 2.56 bits per heavy atom. The second kappa shape index (κ2) is 4.70. The average molecular weight is 280 g/mol. The number of H-pyrrole nitrogens is 1. The van der Waals surface area contributed by atoms with Gasteiger partial charge in [0.2, 0.25) is 0 Å². The first-order valence-corrected chi connectivity index (χ1v) is 5.94. The minimum Gasteiger partial charge on any atom is -0.379 e. The highest BCUT2D eigenvalue weighted by Crippen LogP contribution is 2.25. The lowest BCUT2D eigenvalue weighted by atomic mass is 10.1. The van der Waals surface area contributed by atoms with Crippen molar-refractivity contribution in [2.24, 2.45) is 0 Å². The van der Waals surface area contributed by atoms with Crippen molar-refractivity contribution in [3.63, 3.8) is 0 Å². The predicted octanol–water partition coefficient (Wildman–Crippen LogP) is 3.40. The Morgan fingerprint density at radius 1 is 1.31 bits per heavy atom. The Bertz CT molecular complexity index is 454. The van der Waals surface area contributed by atoms with Crippen LogP contribution in [0.15, 0.2) is 29.1 Å². The standard InChI is InChI=1S/C12H14BrN3/c1-8-3-10(13)4-9(2)12(8)15-6-11-5-14-7-16-11/h3-5,7,15H,6H2,1-2H3,(H,14,16). The van der Waals surface area contributed by atoms with Gasteiger partial charge in [0.15, 0.2) is 0 Å². The molecule has 0 radical (unpaired) electrons. The molecule has 3 nitrogen and oxygen atoms in total. The molecule has 0 spiro atoms. The third-order valence-corrected chi connectivity index (χ3v) is 2.97. The maximum atomic E-state index is 3.99. The van der Waals surface area contributed by atoms with Gasteiger partial charge in [0, 0.05) is 16.4 Å². The summed E-state index contributed by atoms with van der Waals surface area (Å²) in [6.45, 7) is 4.98. The molecule has 0 aliphatic carbocycles. The first kappa shape index (κ1) is 11.2. The molecule has 2 N–H and O–H groups in total. The fourth-order valence-corrected chi connectivity index (χ4v) is 2.44. The van der Waals surface area contributed by atoms with Gasteiger partial charge in [-0.3, -0.25) is 0 Å². The lowest BCUT2D eigenvalue weighted by Crippen LogP contribution is -2.03. The summed E-state index contributed by atoms with van der Waals surface area (Å²) in [5.41, 5.74) is 4.76. The van der Waals surface area contributed by atoms with E-state index in [-0.39, 0.29) is 0 Å². The van der Waals surface area contributed by atoms with Crippen LogP contribution >= 0.6 is 15.9 Å². The van der Waals surface area contributed by atoms with Crippen LogP contribution in [0.2, 0.25) is 0 Å². The molecule has 0 aliphatic heterocycles. The van der Waals surface area contributed by atoms with E-state index in [9.17, 15) is 0 Å². The molecule has 4 heteroatoms. The summed E-state index contributed by atoms with van der Waals surface area (Å²) < 4.78 is 1.12. The number of hydrogen-bond donors (Lipinski definition) is 2. The van der Waals surface area contributed by atoms with Gasteiger partial charge in [-0.15, -0.1) is 0 Å². The quantitative estimate of drug-likeness (QED) is 0.904. The lowest BCUT2D eigenvalue weighted by Gasteiger charge is -2.12. The Labute approximate surface area is 103 Å². The van der Waals surface area contributed by atoms with Crippen molar-refractivity contribution in [2.75, 3.05) is 5.32 Å². The van der Waals surface area contributed by atoms with Crippen molar-refractivity contribution in [1.82, 2.24) is 9.97 Å². The molecule has 2 aromatic rings. The average Bonchev–Trinajstić information content (AvgIpc) is 2.68. The van der Waals surface area contributed by atoms with E-state index in [1.54, 1.807) is 6.33 Å². The molecular weight excluding hydrogens is 266 g/mol. The third kappa shape index (κ3) is 2.44. The van der Waals surface area contributed by atoms with Gasteiger partial charge in [-0.05, 0) is 37.1 Å². The number of anilines is 1. The first-order chi connectivity index (χ1) is 7.66. The van der Waals surface area contributed by atoms with Crippen molar-refractivity contribution in [3.05, 3.63) is 46.0 Å². The summed E-state index contributed by atoms with van der Waals surface area (Å²) in [5.74, 6) is 0.